The molecule has 1 N–H and O–H groups in total. The number of methoxy groups -OCH3 is 1. The van der Waals surface area contributed by atoms with Crippen LogP contribution < -0.4 is 5.32 Å². The molecule has 0 bridgehead atoms. The number of aromatic nitrogens is 2. The van der Waals surface area contributed by atoms with Gasteiger partial charge < -0.3 is 10.1 Å². The molecule has 0 aliphatic heterocycles. The van der Waals surface area contributed by atoms with Crippen LogP contribution in [0.1, 0.15) is 51.2 Å². The number of nitrogens with one attached hydrogen (secondary N) is 1. The van der Waals surface area contributed by atoms with E-state index in [1.165, 1.54) is 0 Å². The lowest BCUT2D eigenvalue weighted by molar-refractivity contribution is 0.0875. The Morgan fingerprint density at radius 3 is 2.50 bits per heavy atom. The number of halogens is 1. The van der Waals surface area contributed by atoms with E-state index in [1.54, 1.807) is 7.11 Å². The van der Waals surface area contributed by atoms with E-state index < -0.39 is 0 Å². The zero-order valence-electron chi connectivity index (χ0n) is 11.6. The number of hydrogen-bond donors (Lipinski definition) is 1. The van der Waals surface area contributed by atoms with Crippen molar-refractivity contribution in [1.82, 2.24) is 9.97 Å². The van der Waals surface area contributed by atoms with Gasteiger partial charge in [0.05, 0.1) is 10.2 Å². The Hall–Kier alpha value is -0.680. The molecule has 0 aliphatic carbocycles. The molecule has 1 unspecified atom stereocenters. The fourth-order valence-corrected chi connectivity index (χ4v) is 2.39. The van der Waals surface area contributed by atoms with Crippen LogP contribution in [0.15, 0.2) is 4.47 Å². The fraction of sp³-hybridized carbons (Fsp3) is 0.692. The summed E-state index contributed by atoms with van der Waals surface area (Å²) in [6.45, 7) is 7.12. The molecular formula is C13H22BrN3O. The average Bonchev–Trinajstić information content (AvgIpc) is 2.38. The molecule has 102 valence electrons. The highest BCUT2D eigenvalue weighted by Gasteiger charge is 2.17. The highest BCUT2D eigenvalue weighted by molar-refractivity contribution is 9.10. The van der Waals surface area contributed by atoms with Crippen molar-refractivity contribution < 1.29 is 4.74 Å². The first kappa shape index (κ1) is 15.4. The van der Waals surface area contributed by atoms with E-state index in [-0.39, 0.29) is 6.10 Å². The molecule has 18 heavy (non-hydrogen) atoms. The van der Waals surface area contributed by atoms with Gasteiger partial charge in [-0.3, -0.25) is 0 Å². The molecule has 0 aromatic carbocycles. The normalized spacial score (nSPS) is 12.5. The SMILES string of the molecule is CCCC(OC)c1nc(CC)c(Br)c(NCC)n1. The smallest absolute Gasteiger partial charge is 0.159 e. The average molecular weight is 316 g/mol. The summed E-state index contributed by atoms with van der Waals surface area (Å²) in [6.07, 6.45) is 2.84. The molecule has 1 heterocycles. The molecule has 0 radical (unpaired) electrons. The first-order valence-corrected chi connectivity index (χ1v) is 7.30. The molecule has 0 spiro atoms. The van der Waals surface area contributed by atoms with Crippen molar-refractivity contribution in [3.63, 3.8) is 0 Å². The van der Waals surface area contributed by atoms with Crippen LogP contribution in [0.5, 0.6) is 0 Å². The molecule has 0 saturated heterocycles. The van der Waals surface area contributed by atoms with Gasteiger partial charge in [0.25, 0.3) is 0 Å². The monoisotopic (exact) mass is 315 g/mol. The Morgan fingerprint density at radius 1 is 1.28 bits per heavy atom. The van der Waals surface area contributed by atoms with Crippen molar-refractivity contribution in [2.24, 2.45) is 0 Å². The van der Waals surface area contributed by atoms with E-state index in [1.807, 2.05) is 0 Å². The highest BCUT2D eigenvalue weighted by atomic mass is 79.9. The first-order valence-electron chi connectivity index (χ1n) is 6.50. The standard InChI is InChI=1S/C13H22BrN3O/c1-5-8-10(18-4)12-16-9(6-2)11(14)13(17-12)15-7-3/h10H,5-8H2,1-4H3,(H,15,16,17). The minimum Gasteiger partial charge on any atom is -0.373 e. The fourth-order valence-electron chi connectivity index (χ4n) is 1.79. The van der Waals surface area contributed by atoms with E-state index >= 15 is 0 Å². The van der Waals surface area contributed by atoms with E-state index in [4.69, 9.17) is 4.74 Å². The summed E-state index contributed by atoms with van der Waals surface area (Å²) >= 11 is 3.56. The molecule has 1 aromatic rings. The summed E-state index contributed by atoms with van der Waals surface area (Å²) in [5, 5.41) is 3.26. The summed E-state index contributed by atoms with van der Waals surface area (Å²) in [5.41, 5.74) is 1.02. The van der Waals surface area contributed by atoms with Crippen molar-refractivity contribution in [2.75, 3.05) is 19.0 Å². The number of nitrogens with zero attached hydrogens (tertiary/aromatic N) is 2. The quantitative estimate of drug-likeness (QED) is 0.833. The van der Waals surface area contributed by atoms with Gasteiger partial charge in [-0.25, -0.2) is 9.97 Å². The van der Waals surface area contributed by atoms with Crippen molar-refractivity contribution in [3.05, 3.63) is 16.0 Å². The Bertz CT molecular complexity index is 385. The third-order valence-corrected chi connectivity index (χ3v) is 3.57. The molecule has 0 amide bonds. The van der Waals surface area contributed by atoms with E-state index in [0.717, 1.165) is 47.6 Å². The van der Waals surface area contributed by atoms with Gasteiger partial charge in [-0.1, -0.05) is 20.3 Å². The van der Waals surface area contributed by atoms with Crippen LogP contribution in [0.2, 0.25) is 0 Å². The molecule has 1 rings (SSSR count). The largest absolute Gasteiger partial charge is 0.373 e. The maximum atomic E-state index is 5.48. The van der Waals surface area contributed by atoms with E-state index in [0.29, 0.717) is 0 Å². The highest BCUT2D eigenvalue weighted by Crippen LogP contribution is 2.28. The van der Waals surface area contributed by atoms with Gasteiger partial charge in [-0.15, -0.1) is 0 Å². The Balaban J connectivity index is 3.14. The van der Waals surface area contributed by atoms with Crippen molar-refractivity contribution in [2.45, 2.75) is 46.1 Å². The summed E-state index contributed by atoms with van der Waals surface area (Å²) in [7, 11) is 1.71. The third-order valence-electron chi connectivity index (χ3n) is 2.74. The van der Waals surface area contributed by atoms with Gasteiger partial charge in [0, 0.05) is 13.7 Å². The van der Waals surface area contributed by atoms with E-state index in [9.17, 15) is 0 Å². The van der Waals surface area contributed by atoms with Gasteiger partial charge in [-0.05, 0) is 35.7 Å². The predicted molar refractivity (Wildman–Crippen MR) is 77.9 cm³/mol. The van der Waals surface area contributed by atoms with Crippen LogP contribution in [0.4, 0.5) is 5.82 Å². The lowest BCUT2D eigenvalue weighted by atomic mass is 10.2. The zero-order chi connectivity index (χ0) is 13.5. The topological polar surface area (TPSA) is 47.0 Å². The first-order chi connectivity index (χ1) is 8.67. The lowest BCUT2D eigenvalue weighted by Crippen LogP contribution is -2.12. The second-order valence-corrected chi connectivity index (χ2v) is 4.88. The summed E-state index contributed by atoms with van der Waals surface area (Å²) < 4.78 is 6.44. The zero-order valence-corrected chi connectivity index (χ0v) is 13.2. The lowest BCUT2D eigenvalue weighted by Gasteiger charge is -2.17. The molecule has 1 aromatic heterocycles. The summed E-state index contributed by atoms with van der Waals surface area (Å²) in [4.78, 5) is 9.17. The van der Waals surface area contributed by atoms with Gasteiger partial charge in [0.15, 0.2) is 5.82 Å². The minimum absolute atomic E-state index is 0.0224. The number of rotatable bonds is 7. The van der Waals surface area contributed by atoms with Crippen molar-refractivity contribution in [3.8, 4) is 0 Å². The summed E-state index contributed by atoms with van der Waals surface area (Å²) in [5.74, 6) is 1.63. The van der Waals surface area contributed by atoms with Crippen LogP contribution >= 0.6 is 15.9 Å². The van der Waals surface area contributed by atoms with Crippen LogP contribution in [-0.4, -0.2) is 23.6 Å². The minimum atomic E-state index is -0.0224. The number of hydrogen-bond acceptors (Lipinski definition) is 4. The van der Waals surface area contributed by atoms with Gasteiger partial charge >= 0.3 is 0 Å². The number of ether oxygens (including phenoxy) is 1. The van der Waals surface area contributed by atoms with Crippen LogP contribution in [0.25, 0.3) is 0 Å². The van der Waals surface area contributed by atoms with Crippen LogP contribution in [0, 0.1) is 0 Å². The van der Waals surface area contributed by atoms with Crippen molar-refractivity contribution >= 4 is 21.7 Å². The van der Waals surface area contributed by atoms with E-state index in [2.05, 4.69) is 52.0 Å². The maximum absolute atomic E-state index is 5.48. The predicted octanol–water partition coefficient (Wildman–Crippen LogP) is 3.72. The molecule has 0 aliphatic rings. The number of aryl methyl sites for hydroxylation is 1. The second-order valence-electron chi connectivity index (χ2n) is 4.09. The second kappa shape index (κ2) is 7.69. The molecule has 5 heteroatoms. The Morgan fingerprint density at radius 2 is 2.00 bits per heavy atom. The Labute approximate surface area is 118 Å². The third kappa shape index (κ3) is 3.65. The maximum Gasteiger partial charge on any atom is 0.159 e. The van der Waals surface area contributed by atoms with Crippen molar-refractivity contribution in [1.29, 1.82) is 0 Å². The van der Waals surface area contributed by atoms with Gasteiger partial charge in [-0.2, -0.15) is 0 Å². The van der Waals surface area contributed by atoms with Gasteiger partial charge in [0.2, 0.25) is 0 Å². The molecule has 0 saturated carbocycles. The Kier molecular flexibility index (Phi) is 6.57. The van der Waals surface area contributed by atoms with Crippen LogP contribution in [-0.2, 0) is 11.2 Å². The molecule has 4 nitrogen and oxygen atoms in total. The molecule has 0 fully saturated rings. The van der Waals surface area contributed by atoms with Gasteiger partial charge in [0.1, 0.15) is 11.9 Å². The summed E-state index contributed by atoms with van der Waals surface area (Å²) in [6, 6.07) is 0. The molecular weight excluding hydrogens is 294 g/mol. The number of anilines is 1. The molecule has 1 atom stereocenters. The van der Waals surface area contributed by atoms with Crippen LogP contribution in [0.3, 0.4) is 0 Å².